The van der Waals surface area contributed by atoms with Crippen LogP contribution in [0.5, 0.6) is 5.75 Å². The molecule has 1 fully saturated rings. The third-order valence-corrected chi connectivity index (χ3v) is 4.91. The third kappa shape index (κ3) is 3.34. The van der Waals surface area contributed by atoms with Crippen molar-refractivity contribution in [1.29, 1.82) is 0 Å². The van der Waals surface area contributed by atoms with Crippen LogP contribution < -0.4 is 9.46 Å². The van der Waals surface area contributed by atoms with Crippen LogP contribution in [-0.2, 0) is 14.8 Å². The third-order valence-electron chi connectivity index (χ3n) is 3.38. The van der Waals surface area contributed by atoms with Gasteiger partial charge in [-0.25, -0.2) is 17.9 Å². The summed E-state index contributed by atoms with van der Waals surface area (Å²) in [5.41, 5.74) is -0.0385. The summed E-state index contributed by atoms with van der Waals surface area (Å²) in [6.07, 6.45) is 0.389. The first-order valence-electron chi connectivity index (χ1n) is 6.40. The van der Waals surface area contributed by atoms with Gasteiger partial charge in [0.2, 0.25) is 10.0 Å². The second-order valence-corrected chi connectivity index (χ2v) is 6.45. The number of benzene rings is 1. The summed E-state index contributed by atoms with van der Waals surface area (Å²) in [6, 6.07) is 3.34. The Morgan fingerprint density at radius 3 is 2.71 bits per heavy atom. The SMILES string of the molecule is COc1cc(C(=O)O)ccc1S(=O)(=O)NC1CCOC1C. The highest BCUT2D eigenvalue weighted by atomic mass is 32.2. The molecule has 0 spiro atoms. The average Bonchev–Trinajstić information content (AvgIpc) is 2.82. The Balaban J connectivity index is 2.33. The summed E-state index contributed by atoms with van der Waals surface area (Å²) in [5, 5.41) is 8.93. The van der Waals surface area contributed by atoms with Gasteiger partial charge >= 0.3 is 5.97 Å². The molecular weight excluding hydrogens is 298 g/mol. The molecule has 8 heteroatoms. The fourth-order valence-electron chi connectivity index (χ4n) is 2.17. The predicted molar refractivity (Wildman–Crippen MR) is 74.1 cm³/mol. The quantitative estimate of drug-likeness (QED) is 0.835. The van der Waals surface area contributed by atoms with Crippen molar-refractivity contribution in [3.63, 3.8) is 0 Å². The number of aromatic carboxylic acids is 1. The fraction of sp³-hybridized carbons (Fsp3) is 0.462. The van der Waals surface area contributed by atoms with Crippen LogP contribution in [0.2, 0.25) is 0 Å². The van der Waals surface area contributed by atoms with Crippen LogP contribution in [0.15, 0.2) is 23.1 Å². The number of carbonyl (C=O) groups is 1. The van der Waals surface area contributed by atoms with Crippen molar-refractivity contribution in [1.82, 2.24) is 4.72 Å². The highest BCUT2D eigenvalue weighted by Gasteiger charge is 2.30. The molecule has 1 aromatic carbocycles. The van der Waals surface area contributed by atoms with Gasteiger partial charge in [0.25, 0.3) is 0 Å². The van der Waals surface area contributed by atoms with Gasteiger partial charge in [-0.3, -0.25) is 0 Å². The molecule has 0 aliphatic carbocycles. The van der Waals surface area contributed by atoms with Gasteiger partial charge in [0.15, 0.2) is 0 Å². The van der Waals surface area contributed by atoms with Crippen LogP contribution in [0.4, 0.5) is 0 Å². The Kier molecular flexibility index (Phi) is 4.50. The normalized spacial score (nSPS) is 22.2. The zero-order valence-corrected chi connectivity index (χ0v) is 12.5. The van der Waals surface area contributed by atoms with Crippen molar-refractivity contribution >= 4 is 16.0 Å². The number of hydrogen-bond acceptors (Lipinski definition) is 5. The van der Waals surface area contributed by atoms with E-state index in [0.29, 0.717) is 13.0 Å². The smallest absolute Gasteiger partial charge is 0.335 e. The van der Waals surface area contributed by atoms with Crippen molar-refractivity contribution in [2.75, 3.05) is 13.7 Å². The minimum Gasteiger partial charge on any atom is -0.495 e. The highest BCUT2D eigenvalue weighted by molar-refractivity contribution is 7.89. The summed E-state index contributed by atoms with van der Waals surface area (Å²) < 4.78 is 37.7. The van der Waals surface area contributed by atoms with Crippen LogP contribution in [0.25, 0.3) is 0 Å². The van der Waals surface area contributed by atoms with Gasteiger partial charge in [-0.1, -0.05) is 0 Å². The van der Waals surface area contributed by atoms with E-state index < -0.39 is 16.0 Å². The number of sulfonamides is 1. The van der Waals surface area contributed by atoms with Gasteiger partial charge in [-0.05, 0) is 31.5 Å². The number of hydrogen-bond donors (Lipinski definition) is 2. The van der Waals surface area contributed by atoms with Gasteiger partial charge in [0.1, 0.15) is 10.6 Å². The molecule has 1 aliphatic heterocycles. The minimum atomic E-state index is -3.81. The molecule has 2 N–H and O–H groups in total. The Hall–Kier alpha value is -1.64. The maximum atomic E-state index is 12.4. The second kappa shape index (κ2) is 6.00. The van der Waals surface area contributed by atoms with Crippen molar-refractivity contribution in [3.8, 4) is 5.75 Å². The number of rotatable bonds is 5. The van der Waals surface area contributed by atoms with Crippen LogP contribution in [0.1, 0.15) is 23.7 Å². The number of methoxy groups -OCH3 is 1. The maximum absolute atomic E-state index is 12.4. The molecule has 1 aliphatic rings. The lowest BCUT2D eigenvalue weighted by molar-refractivity contribution is 0.0696. The lowest BCUT2D eigenvalue weighted by Gasteiger charge is -2.17. The summed E-state index contributed by atoms with van der Waals surface area (Å²) >= 11 is 0. The van der Waals surface area contributed by atoms with Gasteiger partial charge in [0, 0.05) is 6.61 Å². The summed E-state index contributed by atoms with van der Waals surface area (Å²) in [6.45, 7) is 2.30. The van der Waals surface area contributed by atoms with E-state index in [2.05, 4.69) is 4.72 Å². The van der Waals surface area contributed by atoms with Gasteiger partial charge in [0.05, 0.1) is 24.8 Å². The molecule has 0 aromatic heterocycles. The van der Waals surface area contributed by atoms with Gasteiger partial charge in [-0.15, -0.1) is 0 Å². The van der Waals surface area contributed by atoms with Gasteiger partial charge in [-0.2, -0.15) is 0 Å². The molecule has 21 heavy (non-hydrogen) atoms. The molecule has 7 nitrogen and oxygen atoms in total. The van der Waals surface area contributed by atoms with Crippen molar-refractivity contribution in [2.45, 2.75) is 30.4 Å². The van der Waals surface area contributed by atoms with Crippen molar-refractivity contribution in [3.05, 3.63) is 23.8 Å². The molecular formula is C13H17NO6S. The number of carboxylic acid groups (broad SMARTS) is 1. The Morgan fingerprint density at radius 2 is 2.19 bits per heavy atom. The van der Waals surface area contributed by atoms with Gasteiger partial charge < -0.3 is 14.6 Å². The molecule has 116 valence electrons. The Bertz CT molecular complexity index is 642. The summed E-state index contributed by atoms with van der Waals surface area (Å²) in [7, 11) is -2.52. The molecule has 0 radical (unpaired) electrons. The molecule has 0 saturated carbocycles. The number of nitrogens with one attached hydrogen (secondary N) is 1. The minimum absolute atomic E-state index is 0.00558. The lowest BCUT2D eigenvalue weighted by atomic mass is 10.2. The molecule has 0 amide bonds. The Morgan fingerprint density at radius 1 is 1.48 bits per heavy atom. The predicted octanol–water partition coefficient (Wildman–Crippen LogP) is 0.849. The van der Waals surface area contributed by atoms with E-state index in [0.717, 1.165) is 0 Å². The van der Waals surface area contributed by atoms with Crippen LogP contribution >= 0.6 is 0 Å². The van der Waals surface area contributed by atoms with Crippen LogP contribution in [0.3, 0.4) is 0 Å². The molecule has 2 atom stereocenters. The van der Waals surface area contributed by atoms with Crippen molar-refractivity contribution in [2.24, 2.45) is 0 Å². The van der Waals surface area contributed by atoms with Crippen LogP contribution in [-0.4, -0.2) is 45.4 Å². The monoisotopic (exact) mass is 315 g/mol. The lowest BCUT2D eigenvalue weighted by Crippen LogP contribution is -2.39. The van der Waals surface area contributed by atoms with E-state index in [1.807, 2.05) is 0 Å². The number of carboxylic acids is 1. The molecule has 0 bridgehead atoms. The first kappa shape index (κ1) is 15.7. The largest absolute Gasteiger partial charge is 0.495 e. The van der Waals surface area contributed by atoms with E-state index in [4.69, 9.17) is 14.6 Å². The molecule has 2 rings (SSSR count). The van der Waals surface area contributed by atoms with Crippen LogP contribution in [0, 0.1) is 0 Å². The van der Waals surface area contributed by atoms with E-state index in [9.17, 15) is 13.2 Å². The second-order valence-electron chi connectivity index (χ2n) is 4.76. The standard InChI is InChI=1S/C13H17NO6S/c1-8-10(5-6-20-8)14-21(17,18)12-4-3-9(13(15)16)7-11(12)19-2/h3-4,7-8,10,14H,5-6H2,1-2H3,(H,15,16). The zero-order valence-electron chi connectivity index (χ0n) is 11.7. The Labute approximate surface area is 122 Å². The van der Waals surface area contributed by atoms with Crippen molar-refractivity contribution < 1.29 is 27.8 Å². The number of ether oxygens (including phenoxy) is 2. The maximum Gasteiger partial charge on any atom is 0.335 e. The molecule has 2 unspecified atom stereocenters. The first-order chi connectivity index (χ1) is 9.85. The zero-order chi connectivity index (χ0) is 15.6. The summed E-state index contributed by atoms with van der Waals surface area (Å²) in [5.74, 6) is -1.16. The van der Waals surface area contributed by atoms with E-state index in [1.54, 1.807) is 6.92 Å². The van der Waals surface area contributed by atoms with E-state index >= 15 is 0 Å². The summed E-state index contributed by atoms with van der Waals surface area (Å²) in [4.78, 5) is 10.8. The molecule has 1 aromatic rings. The topological polar surface area (TPSA) is 102 Å². The highest BCUT2D eigenvalue weighted by Crippen LogP contribution is 2.26. The molecule has 1 heterocycles. The van der Waals surface area contributed by atoms with E-state index in [1.165, 1.54) is 25.3 Å². The molecule has 1 saturated heterocycles. The average molecular weight is 315 g/mol. The first-order valence-corrected chi connectivity index (χ1v) is 7.88. The van der Waals surface area contributed by atoms with E-state index in [-0.39, 0.29) is 28.4 Å². The fourth-order valence-corrected chi connectivity index (χ4v) is 3.66.